The molecule has 0 saturated carbocycles. The van der Waals surface area contributed by atoms with Crippen LogP contribution in [0.1, 0.15) is 44.9 Å². The zero-order valence-corrected chi connectivity index (χ0v) is 17.3. The average molecular weight is 375 g/mol. The number of likely N-dealkylation sites (tertiary alicyclic amines) is 1. The second-order valence-corrected chi connectivity index (χ2v) is 8.52. The number of amides is 2. The van der Waals surface area contributed by atoms with Crippen molar-refractivity contribution in [1.29, 1.82) is 0 Å². The van der Waals surface area contributed by atoms with Gasteiger partial charge >= 0.3 is 6.03 Å². The third-order valence-electron chi connectivity index (χ3n) is 6.32. The van der Waals surface area contributed by atoms with E-state index in [0.717, 1.165) is 64.5 Å². The predicted molar refractivity (Wildman–Crippen MR) is 107 cm³/mol. The molecule has 150 valence electrons. The molecule has 3 rings (SSSR count). The minimum atomic E-state index is -0.0698. The summed E-state index contributed by atoms with van der Waals surface area (Å²) in [5.41, 5.74) is 2.33. The summed E-state index contributed by atoms with van der Waals surface area (Å²) >= 11 is 0. The van der Waals surface area contributed by atoms with Crippen LogP contribution in [-0.2, 0) is 10.3 Å². The van der Waals surface area contributed by atoms with Gasteiger partial charge in [-0.05, 0) is 58.7 Å². The molecule has 2 fully saturated rings. The molecule has 27 heavy (non-hydrogen) atoms. The molecule has 6 nitrogen and oxygen atoms in total. The Morgan fingerprint density at radius 3 is 2.78 bits per heavy atom. The molecule has 2 amide bonds. The molecule has 0 aliphatic carbocycles. The van der Waals surface area contributed by atoms with E-state index in [1.54, 1.807) is 0 Å². The van der Waals surface area contributed by atoms with Crippen LogP contribution in [0, 0.1) is 12.3 Å². The molecule has 6 heteroatoms. The Labute approximate surface area is 163 Å². The van der Waals surface area contributed by atoms with Crippen LogP contribution in [0.5, 0.6) is 0 Å². The fourth-order valence-corrected chi connectivity index (χ4v) is 4.23. The molecule has 1 N–H and O–H groups in total. The number of pyridine rings is 1. The van der Waals surface area contributed by atoms with Crippen molar-refractivity contribution in [3.05, 3.63) is 29.6 Å². The maximum Gasteiger partial charge on any atom is 0.317 e. The lowest BCUT2D eigenvalue weighted by Crippen LogP contribution is -2.43. The van der Waals surface area contributed by atoms with Crippen molar-refractivity contribution >= 4 is 6.03 Å². The second-order valence-electron chi connectivity index (χ2n) is 8.52. The third-order valence-corrected chi connectivity index (χ3v) is 6.32. The predicted octanol–water partition coefficient (Wildman–Crippen LogP) is 2.77. The number of rotatable bonds is 8. The molecule has 0 spiro atoms. The first-order valence-corrected chi connectivity index (χ1v) is 10.1. The molecule has 2 saturated heterocycles. The van der Waals surface area contributed by atoms with Crippen molar-refractivity contribution in [2.45, 2.75) is 46.1 Å². The molecule has 0 aromatic carbocycles. The standard InChI is InChI=1S/C21H34N4O2/c1-5-27-16-21(8-11-24-13-10-22-19(24)26)9-12-25(15-21)20(3,4)18-7-6-17(2)23-14-18/h6-7,14H,5,8-13,15-16H2,1-4H3,(H,22,26)/t21-/m1/s1. The highest BCUT2D eigenvalue weighted by Gasteiger charge is 2.44. The van der Waals surface area contributed by atoms with Crippen molar-refractivity contribution in [1.82, 2.24) is 20.1 Å². The van der Waals surface area contributed by atoms with Gasteiger partial charge in [0.1, 0.15) is 0 Å². The van der Waals surface area contributed by atoms with Crippen LogP contribution >= 0.6 is 0 Å². The normalized spacial score (nSPS) is 23.9. The van der Waals surface area contributed by atoms with Crippen molar-refractivity contribution in [3.8, 4) is 0 Å². The van der Waals surface area contributed by atoms with Gasteiger partial charge in [0, 0.05) is 55.6 Å². The van der Waals surface area contributed by atoms with Gasteiger partial charge in [0.25, 0.3) is 0 Å². The monoisotopic (exact) mass is 374 g/mol. The third kappa shape index (κ3) is 4.43. The first-order valence-electron chi connectivity index (χ1n) is 10.1. The molecule has 0 bridgehead atoms. The van der Waals surface area contributed by atoms with Gasteiger partial charge in [-0.1, -0.05) is 6.07 Å². The zero-order chi connectivity index (χ0) is 19.5. The van der Waals surface area contributed by atoms with Crippen LogP contribution in [-0.4, -0.2) is 66.8 Å². The van der Waals surface area contributed by atoms with E-state index in [-0.39, 0.29) is 17.0 Å². The van der Waals surface area contributed by atoms with Gasteiger partial charge in [-0.3, -0.25) is 9.88 Å². The number of ether oxygens (including phenoxy) is 1. The van der Waals surface area contributed by atoms with Gasteiger partial charge in [0.2, 0.25) is 0 Å². The summed E-state index contributed by atoms with van der Waals surface area (Å²) < 4.78 is 5.89. The minimum Gasteiger partial charge on any atom is -0.381 e. The number of urea groups is 1. The maximum atomic E-state index is 11.9. The lowest BCUT2D eigenvalue weighted by molar-refractivity contribution is 0.0348. The Morgan fingerprint density at radius 1 is 1.33 bits per heavy atom. The summed E-state index contributed by atoms with van der Waals surface area (Å²) in [5.74, 6) is 0. The van der Waals surface area contributed by atoms with Gasteiger partial charge in [0.05, 0.1) is 6.61 Å². The van der Waals surface area contributed by atoms with E-state index in [2.05, 4.69) is 48.1 Å². The summed E-state index contributed by atoms with van der Waals surface area (Å²) in [7, 11) is 0. The molecule has 1 aromatic rings. The van der Waals surface area contributed by atoms with Crippen LogP contribution in [0.15, 0.2) is 18.3 Å². The highest BCUT2D eigenvalue weighted by molar-refractivity contribution is 5.76. The highest BCUT2D eigenvalue weighted by Crippen LogP contribution is 2.41. The number of carbonyl (C=O) groups excluding carboxylic acids is 1. The molecule has 0 radical (unpaired) electrons. The first kappa shape index (κ1) is 20.1. The van der Waals surface area contributed by atoms with Gasteiger partial charge in [-0.2, -0.15) is 0 Å². The molecule has 1 aromatic heterocycles. The van der Waals surface area contributed by atoms with Gasteiger partial charge in [-0.15, -0.1) is 0 Å². The molecule has 0 unspecified atom stereocenters. The number of carbonyl (C=O) groups is 1. The largest absolute Gasteiger partial charge is 0.381 e. The highest BCUT2D eigenvalue weighted by atomic mass is 16.5. The van der Waals surface area contributed by atoms with Crippen molar-refractivity contribution in [2.75, 3.05) is 45.9 Å². The van der Waals surface area contributed by atoms with E-state index in [4.69, 9.17) is 4.74 Å². The minimum absolute atomic E-state index is 0.0698. The van der Waals surface area contributed by atoms with Gasteiger partial charge in [0.15, 0.2) is 0 Å². The molecular weight excluding hydrogens is 340 g/mol. The molecule has 2 aliphatic heterocycles. The Balaban J connectivity index is 1.70. The van der Waals surface area contributed by atoms with E-state index < -0.39 is 0 Å². The summed E-state index contributed by atoms with van der Waals surface area (Å²) in [6, 6.07) is 4.36. The van der Waals surface area contributed by atoms with Crippen LogP contribution in [0.3, 0.4) is 0 Å². The second kappa shape index (κ2) is 8.15. The molecule has 2 aliphatic rings. The number of aryl methyl sites for hydroxylation is 1. The lowest BCUT2D eigenvalue weighted by Gasteiger charge is -2.38. The number of nitrogens with one attached hydrogen (secondary N) is 1. The van der Waals surface area contributed by atoms with E-state index in [9.17, 15) is 4.79 Å². The quantitative estimate of drug-likeness (QED) is 0.760. The van der Waals surface area contributed by atoms with Crippen LogP contribution in [0.4, 0.5) is 4.79 Å². The summed E-state index contributed by atoms with van der Waals surface area (Å²) in [6.07, 6.45) is 4.09. The average Bonchev–Trinajstić information content (AvgIpc) is 3.26. The molecule has 3 heterocycles. The van der Waals surface area contributed by atoms with Gasteiger partial charge in [-0.25, -0.2) is 4.79 Å². The summed E-state index contributed by atoms with van der Waals surface area (Å²) in [4.78, 5) is 20.9. The van der Waals surface area contributed by atoms with E-state index in [1.165, 1.54) is 5.56 Å². The Bertz CT molecular complexity index is 646. The Kier molecular flexibility index (Phi) is 6.06. The fourth-order valence-electron chi connectivity index (χ4n) is 4.23. The van der Waals surface area contributed by atoms with E-state index >= 15 is 0 Å². The summed E-state index contributed by atoms with van der Waals surface area (Å²) in [6.45, 7) is 14.5. The van der Waals surface area contributed by atoms with Gasteiger partial charge < -0.3 is 15.0 Å². The molecular formula is C21H34N4O2. The molecule has 1 atom stereocenters. The fraction of sp³-hybridized carbons (Fsp3) is 0.714. The Hall–Kier alpha value is -1.66. The maximum absolute atomic E-state index is 11.9. The number of hydrogen-bond acceptors (Lipinski definition) is 4. The number of aromatic nitrogens is 1. The Morgan fingerprint density at radius 2 is 2.15 bits per heavy atom. The van der Waals surface area contributed by atoms with Crippen LogP contribution in [0.2, 0.25) is 0 Å². The van der Waals surface area contributed by atoms with E-state index in [0.29, 0.717) is 0 Å². The van der Waals surface area contributed by atoms with Crippen molar-refractivity contribution < 1.29 is 9.53 Å². The topological polar surface area (TPSA) is 57.7 Å². The number of hydrogen-bond donors (Lipinski definition) is 1. The summed E-state index contributed by atoms with van der Waals surface area (Å²) in [5, 5.41) is 2.90. The zero-order valence-electron chi connectivity index (χ0n) is 17.3. The van der Waals surface area contributed by atoms with Crippen LogP contribution in [0.25, 0.3) is 0 Å². The lowest BCUT2D eigenvalue weighted by atomic mass is 9.83. The number of nitrogens with zero attached hydrogens (tertiary/aromatic N) is 3. The van der Waals surface area contributed by atoms with Crippen molar-refractivity contribution in [2.24, 2.45) is 5.41 Å². The SMILES string of the molecule is CCOC[C@]1(CCN2CCNC2=O)CCN(C(C)(C)c2ccc(C)nc2)C1. The van der Waals surface area contributed by atoms with Crippen molar-refractivity contribution in [3.63, 3.8) is 0 Å². The van der Waals surface area contributed by atoms with E-state index in [1.807, 2.05) is 18.0 Å². The van der Waals surface area contributed by atoms with Crippen LogP contribution < -0.4 is 5.32 Å². The smallest absolute Gasteiger partial charge is 0.317 e. The first-order chi connectivity index (χ1) is 12.9.